The van der Waals surface area contributed by atoms with Gasteiger partial charge in [-0.3, -0.25) is 0 Å². The smallest absolute Gasteiger partial charge is 0.269 e. The van der Waals surface area contributed by atoms with Gasteiger partial charge in [-0.2, -0.15) is 0 Å². The first kappa shape index (κ1) is 13.1. The molecule has 5 heteroatoms. The monoisotopic (exact) mass is 267 g/mol. The summed E-state index contributed by atoms with van der Waals surface area (Å²) in [5.41, 5.74) is -0.190. The number of benzene rings is 1. The van der Waals surface area contributed by atoms with Crippen LogP contribution >= 0.6 is 0 Å². The van der Waals surface area contributed by atoms with Crippen molar-refractivity contribution in [3.63, 3.8) is 0 Å². The van der Waals surface area contributed by atoms with Crippen LogP contribution in [0.5, 0.6) is 0 Å². The van der Waals surface area contributed by atoms with E-state index in [1.54, 1.807) is 39.8 Å². The molecule has 4 nitrogen and oxygen atoms in total. The highest BCUT2D eigenvalue weighted by Gasteiger charge is 2.57. The Balaban J connectivity index is 2.74. The second-order valence-electron chi connectivity index (χ2n) is 5.10. The van der Waals surface area contributed by atoms with E-state index in [-0.39, 0.29) is 5.90 Å². The van der Waals surface area contributed by atoms with Crippen LogP contribution in [0.15, 0.2) is 34.7 Å². The Hall–Kier alpha value is -1.36. The molecule has 1 aromatic rings. The summed E-state index contributed by atoms with van der Waals surface area (Å²) in [5.74, 6) is 0.188. The SMILES string of the molecule is CC1=NS(=O)(=O)C(C)(c2ccccc2)C(C)(C)O1. The molecular weight excluding hydrogens is 250 g/mol. The zero-order valence-electron chi connectivity index (χ0n) is 11.0. The van der Waals surface area contributed by atoms with Gasteiger partial charge in [-0.1, -0.05) is 30.3 Å². The van der Waals surface area contributed by atoms with Crippen LogP contribution in [0.25, 0.3) is 0 Å². The van der Waals surface area contributed by atoms with Gasteiger partial charge >= 0.3 is 0 Å². The van der Waals surface area contributed by atoms with Gasteiger partial charge in [0.1, 0.15) is 5.60 Å². The third-order valence-electron chi connectivity index (χ3n) is 3.64. The Morgan fingerprint density at radius 3 is 2.17 bits per heavy atom. The van der Waals surface area contributed by atoms with Gasteiger partial charge in [-0.25, -0.2) is 8.42 Å². The third-order valence-corrected chi connectivity index (χ3v) is 5.90. The fourth-order valence-corrected chi connectivity index (χ4v) is 3.96. The summed E-state index contributed by atoms with van der Waals surface area (Å²) >= 11 is 0. The van der Waals surface area contributed by atoms with Gasteiger partial charge in [-0.15, -0.1) is 4.40 Å². The second kappa shape index (κ2) is 3.82. The van der Waals surface area contributed by atoms with E-state index in [9.17, 15) is 8.42 Å². The molecule has 0 saturated heterocycles. The van der Waals surface area contributed by atoms with E-state index in [1.165, 1.54) is 0 Å². The number of hydrogen-bond donors (Lipinski definition) is 0. The maximum absolute atomic E-state index is 12.5. The predicted molar refractivity (Wildman–Crippen MR) is 71.0 cm³/mol. The van der Waals surface area contributed by atoms with Crippen LogP contribution in [0.2, 0.25) is 0 Å². The average Bonchev–Trinajstić information content (AvgIpc) is 2.25. The number of sulfonamides is 1. The minimum absolute atomic E-state index is 0.188. The minimum atomic E-state index is -3.67. The lowest BCUT2D eigenvalue weighted by atomic mass is 9.85. The van der Waals surface area contributed by atoms with Gasteiger partial charge < -0.3 is 4.74 Å². The molecule has 0 aliphatic carbocycles. The highest BCUT2D eigenvalue weighted by Crippen LogP contribution is 2.45. The molecule has 0 amide bonds. The number of hydrogen-bond acceptors (Lipinski definition) is 3. The molecule has 98 valence electrons. The molecule has 1 aliphatic rings. The molecule has 0 N–H and O–H groups in total. The van der Waals surface area contributed by atoms with E-state index in [0.29, 0.717) is 5.56 Å². The van der Waals surface area contributed by atoms with Crippen molar-refractivity contribution in [1.29, 1.82) is 0 Å². The molecule has 0 radical (unpaired) electrons. The van der Waals surface area contributed by atoms with E-state index in [4.69, 9.17) is 4.74 Å². The van der Waals surface area contributed by atoms with Gasteiger partial charge in [0.25, 0.3) is 10.0 Å². The number of rotatable bonds is 1. The maximum Gasteiger partial charge on any atom is 0.269 e. The van der Waals surface area contributed by atoms with Crippen molar-refractivity contribution >= 4 is 15.9 Å². The second-order valence-corrected chi connectivity index (χ2v) is 7.05. The molecule has 1 aromatic carbocycles. The number of nitrogens with zero attached hydrogens (tertiary/aromatic N) is 1. The summed E-state index contributed by atoms with van der Waals surface area (Å²) < 4.78 is 33.1. The summed E-state index contributed by atoms with van der Waals surface area (Å²) in [4.78, 5) is 0. The van der Waals surface area contributed by atoms with Crippen molar-refractivity contribution in [2.24, 2.45) is 4.40 Å². The lowest BCUT2D eigenvalue weighted by molar-refractivity contribution is 0.0457. The van der Waals surface area contributed by atoms with Gasteiger partial charge in [0.05, 0.1) is 0 Å². The van der Waals surface area contributed by atoms with Crippen molar-refractivity contribution < 1.29 is 13.2 Å². The molecule has 0 fully saturated rings. The summed E-state index contributed by atoms with van der Waals surface area (Å²) in [7, 11) is -3.67. The topological polar surface area (TPSA) is 55.7 Å². The summed E-state index contributed by atoms with van der Waals surface area (Å²) in [6.45, 7) is 6.77. The Morgan fingerprint density at radius 2 is 1.67 bits per heavy atom. The summed E-state index contributed by atoms with van der Waals surface area (Å²) in [6.07, 6.45) is 0. The zero-order valence-corrected chi connectivity index (χ0v) is 11.8. The first-order valence-electron chi connectivity index (χ1n) is 5.76. The Kier molecular flexibility index (Phi) is 2.77. The lowest BCUT2D eigenvalue weighted by Gasteiger charge is -2.44. The fraction of sp³-hybridized carbons (Fsp3) is 0.462. The molecule has 1 atom stereocenters. The van der Waals surface area contributed by atoms with Crippen LogP contribution < -0.4 is 0 Å². The molecule has 2 rings (SSSR count). The Morgan fingerprint density at radius 1 is 1.11 bits per heavy atom. The van der Waals surface area contributed by atoms with Crippen molar-refractivity contribution in [3.8, 4) is 0 Å². The standard InChI is InChI=1S/C13H17NO3S/c1-10-14-18(15,16)13(4,12(2,3)17-10)11-8-6-5-7-9-11/h5-9H,1-4H3. The molecule has 0 bridgehead atoms. The van der Waals surface area contributed by atoms with Crippen LogP contribution in [-0.4, -0.2) is 19.9 Å². The fourth-order valence-electron chi connectivity index (χ4n) is 2.31. The van der Waals surface area contributed by atoms with Gasteiger partial charge in [0.15, 0.2) is 10.6 Å². The Labute approximate surface area is 108 Å². The van der Waals surface area contributed by atoms with Crippen molar-refractivity contribution in [3.05, 3.63) is 35.9 Å². The highest BCUT2D eigenvalue weighted by molar-refractivity contribution is 7.91. The molecular formula is C13H17NO3S. The van der Waals surface area contributed by atoms with Crippen molar-refractivity contribution in [2.75, 3.05) is 0 Å². The van der Waals surface area contributed by atoms with E-state index < -0.39 is 20.4 Å². The Bertz CT molecular complexity index is 590. The van der Waals surface area contributed by atoms with Crippen LogP contribution in [0, 0.1) is 0 Å². The van der Waals surface area contributed by atoms with E-state index in [1.807, 2.05) is 18.2 Å². The van der Waals surface area contributed by atoms with Gasteiger partial charge in [0.2, 0.25) is 0 Å². The van der Waals surface area contributed by atoms with Gasteiger partial charge in [-0.05, 0) is 26.3 Å². The van der Waals surface area contributed by atoms with E-state index in [0.717, 1.165) is 0 Å². The normalized spacial score (nSPS) is 29.2. The lowest BCUT2D eigenvalue weighted by Crippen LogP contribution is -2.55. The molecule has 0 spiro atoms. The van der Waals surface area contributed by atoms with E-state index >= 15 is 0 Å². The minimum Gasteiger partial charge on any atom is -0.472 e. The predicted octanol–water partition coefficient (Wildman–Crippen LogP) is 2.46. The zero-order chi connectivity index (χ0) is 13.6. The number of ether oxygens (including phenoxy) is 1. The van der Waals surface area contributed by atoms with Crippen LogP contribution in [-0.2, 0) is 19.5 Å². The van der Waals surface area contributed by atoms with Crippen LogP contribution in [0.4, 0.5) is 0 Å². The molecule has 1 unspecified atom stereocenters. The molecule has 0 saturated carbocycles. The largest absolute Gasteiger partial charge is 0.472 e. The first-order chi connectivity index (χ1) is 8.21. The van der Waals surface area contributed by atoms with E-state index in [2.05, 4.69) is 4.40 Å². The molecule has 1 aliphatic heterocycles. The van der Waals surface area contributed by atoms with Crippen molar-refractivity contribution in [1.82, 2.24) is 0 Å². The van der Waals surface area contributed by atoms with Crippen molar-refractivity contribution in [2.45, 2.75) is 38.0 Å². The maximum atomic E-state index is 12.5. The molecule has 0 aromatic heterocycles. The first-order valence-corrected chi connectivity index (χ1v) is 7.20. The summed E-state index contributed by atoms with van der Waals surface area (Å²) in [6, 6.07) is 9.07. The van der Waals surface area contributed by atoms with Crippen LogP contribution in [0.1, 0.15) is 33.3 Å². The quantitative estimate of drug-likeness (QED) is 0.785. The highest BCUT2D eigenvalue weighted by atomic mass is 32.2. The van der Waals surface area contributed by atoms with Gasteiger partial charge in [0, 0.05) is 6.92 Å². The molecule has 18 heavy (non-hydrogen) atoms. The third kappa shape index (κ3) is 1.65. The summed E-state index contributed by atoms with van der Waals surface area (Å²) in [5, 5.41) is 0. The van der Waals surface area contributed by atoms with Crippen LogP contribution in [0.3, 0.4) is 0 Å². The molecule has 1 heterocycles. The average molecular weight is 267 g/mol.